The molecule has 10 nitrogen and oxygen atoms in total. The van der Waals surface area contributed by atoms with Crippen LogP contribution in [0.15, 0.2) is 55.4 Å². The summed E-state index contributed by atoms with van der Waals surface area (Å²) in [4.78, 5) is 28.8. The van der Waals surface area contributed by atoms with E-state index in [-0.39, 0.29) is 6.03 Å². The molecule has 150 valence electrons. The van der Waals surface area contributed by atoms with E-state index in [1.54, 1.807) is 15.9 Å². The van der Waals surface area contributed by atoms with Crippen molar-refractivity contribution in [1.82, 2.24) is 34.9 Å². The highest BCUT2D eigenvalue weighted by Crippen LogP contribution is 2.15. The number of para-hydroxylation sites is 1. The van der Waals surface area contributed by atoms with Crippen LogP contribution in [0.25, 0.3) is 5.82 Å². The lowest BCUT2D eigenvalue weighted by molar-refractivity contribution is 0.191. The van der Waals surface area contributed by atoms with E-state index in [2.05, 4.69) is 30.3 Å². The maximum atomic E-state index is 12.4. The number of aromatic nitrogens is 5. The number of piperazine rings is 1. The molecule has 0 aliphatic carbocycles. The summed E-state index contributed by atoms with van der Waals surface area (Å²) in [6.45, 7) is 3.52. The summed E-state index contributed by atoms with van der Waals surface area (Å²) < 4.78 is 7.18. The van der Waals surface area contributed by atoms with E-state index >= 15 is 0 Å². The highest BCUT2D eigenvalue weighted by molar-refractivity contribution is 5.74. The Kier molecular flexibility index (Phi) is 5.79. The average molecular weight is 394 g/mol. The SMILES string of the molecule is O=C(NCCOc1ccccc1)N1CCN(c2cc(-n3cncn3)ncn2)CC1. The topological polar surface area (TPSA) is 101 Å². The number of nitrogens with zero attached hydrogens (tertiary/aromatic N) is 7. The molecule has 0 saturated carbocycles. The van der Waals surface area contributed by atoms with Crippen molar-refractivity contribution >= 4 is 11.8 Å². The molecule has 1 N–H and O–H groups in total. The Labute approximate surface area is 168 Å². The van der Waals surface area contributed by atoms with Gasteiger partial charge in [-0.2, -0.15) is 5.10 Å². The van der Waals surface area contributed by atoms with Crippen molar-refractivity contribution in [2.75, 3.05) is 44.2 Å². The molecule has 1 aromatic carbocycles. The van der Waals surface area contributed by atoms with Gasteiger partial charge in [0.1, 0.15) is 37.2 Å². The first-order valence-corrected chi connectivity index (χ1v) is 9.42. The van der Waals surface area contributed by atoms with Crippen molar-refractivity contribution < 1.29 is 9.53 Å². The van der Waals surface area contributed by atoms with Crippen LogP contribution in [0.1, 0.15) is 0 Å². The number of hydrogen-bond donors (Lipinski definition) is 1. The summed E-state index contributed by atoms with van der Waals surface area (Å²) >= 11 is 0. The minimum Gasteiger partial charge on any atom is -0.492 e. The van der Waals surface area contributed by atoms with Gasteiger partial charge in [0.15, 0.2) is 5.82 Å². The molecule has 0 bridgehead atoms. The van der Waals surface area contributed by atoms with E-state index in [1.165, 1.54) is 12.7 Å². The molecule has 0 spiro atoms. The monoisotopic (exact) mass is 394 g/mol. The molecule has 1 aliphatic heterocycles. The van der Waals surface area contributed by atoms with Crippen molar-refractivity contribution in [1.29, 1.82) is 0 Å². The number of nitrogens with one attached hydrogen (secondary N) is 1. The van der Waals surface area contributed by atoms with Crippen molar-refractivity contribution in [2.24, 2.45) is 0 Å². The van der Waals surface area contributed by atoms with Crippen LogP contribution >= 0.6 is 0 Å². The van der Waals surface area contributed by atoms with E-state index < -0.39 is 0 Å². The molecule has 2 aromatic heterocycles. The third-order valence-electron chi connectivity index (χ3n) is 4.57. The van der Waals surface area contributed by atoms with E-state index in [0.29, 0.717) is 45.1 Å². The van der Waals surface area contributed by atoms with Crippen LogP contribution in [0.5, 0.6) is 5.75 Å². The van der Waals surface area contributed by atoms with Crippen LogP contribution in [0.3, 0.4) is 0 Å². The molecule has 0 unspecified atom stereocenters. The van der Waals surface area contributed by atoms with Gasteiger partial charge in [0, 0.05) is 32.2 Å². The second-order valence-corrected chi connectivity index (χ2v) is 6.44. The minimum absolute atomic E-state index is 0.0766. The Morgan fingerprint density at radius 1 is 1.03 bits per heavy atom. The standard InChI is InChI=1S/C19H22N8O2/c28-19(21-6-11-29-16-4-2-1-3-5-16)26-9-7-25(8-10-26)17-12-18(23-14-22-17)27-15-20-13-24-27/h1-5,12-15H,6-11H2,(H,21,28). The predicted molar refractivity (Wildman–Crippen MR) is 106 cm³/mol. The van der Waals surface area contributed by atoms with Gasteiger partial charge in [-0.05, 0) is 12.1 Å². The number of hydrogen-bond acceptors (Lipinski definition) is 7. The van der Waals surface area contributed by atoms with Crippen LogP contribution in [-0.2, 0) is 0 Å². The lowest BCUT2D eigenvalue weighted by atomic mass is 10.3. The van der Waals surface area contributed by atoms with Gasteiger partial charge in [-0.1, -0.05) is 18.2 Å². The number of rotatable bonds is 6. The zero-order valence-corrected chi connectivity index (χ0v) is 15.9. The number of anilines is 1. The van der Waals surface area contributed by atoms with E-state index in [9.17, 15) is 4.79 Å². The summed E-state index contributed by atoms with van der Waals surface area (Å²) in [6, 6.07) is 11.3. The maximum absolute atomic E-state index is 12.4. The van der Waals surface area contributed by atoms with Crippen LogP contribution < -0.4 is 15.0 Å². The zero-order valence-electron chi connectivity index (χ0n) is 15.9. The first-order chi connectivity index (χ1) is 14.3. The maximum Gasteiger partial charge on any atom is 0.317 e. The van der Waals surface area contributed by atoms with Gasteiger partial charge in [0.25, 0.3) is 0 Å². The number of carbonyl (C=O) groups excluding carboxylic acids is 1. The van der Waals surface area contributed by atoms with Crippen LogP contribution in [-0.4, -0.2) is 75.0 Å². The molecular weight excluding hydrogens is 372 g/mol. The fourth-order valence-corrected chi connectivity index (χ4v) is 3.06. The van der Waals surface area contributed by atoms with Crippen molar-refractivity contribution in [2.45, 2.75) is 0 Å². The second-order valence-electron chi connectivity index (χ2n) is 6.44. The van der Waals surface area contributed by atoms with E-state index in [1.807, 2.05) is 36.4 Å². The number of ether oxygens (including phenoxy) is 1. The molecule has 0 atom stereocenters. The molecule has 3 heterocycles. The fraction of sp³-hybridized carbons (Fsp3) is 0.316. The molecule has 4 rings (SSSR count). The van der Waals surface area contributed by atoms with Gasteiger partial charge in [-0.15, -0.1) is 0 Å². The molecule has 1 fully saturated rings. The molecule has 0 radical (unpaired) electrons. The first kappa shape index (κ1) is 18.7. The van der Waals surface area contributed by atoms with Gasteiger partial charge in [-0.25, -0.2) is 24.4 Å². The van der Waals surface area contributed by atoms with Crippen molar-refractivity contribution in [3.63, 3.8) is 0 Å². The largest absolute Gasteiger partial charge is 0.492 e. The average Bonchev–Trinajstić information content (AvgIpc) is 3.33. The third-order valence-corrected chi connectivity index (χ3v) is 4.57. The van der Waals surface area contributed by atoms with Crippen molar-refractivity contribution in [3.8, 4) is 11.6 Å². The van der Waals surface area contributed by atoms with Gasteiger partial charge < -0.3 is 19.9 Å². The Hall–Kier alpha value is -3.69. The number of amides is 2. The Bertz CT molecular complexity index is 911. The summed E-state index contributed by atoms with van der Waals surface area (Å²) in [7, 11) is 0. The highest BCUT2D eigenvalue weighted by Gasteiger charge is 2.22. The molecule has 29 heavy (non-hydrogen) atoms. The van der Waals surface area contributed by atoms with E-state index in [4.69, 9.17) is 4.74 Å². The van der Waals surface area contributed by atoms with Crippen molar-refractivity contribution in [3.05, 3.63) is 55.4 Å². The Morgan fingerprint density at radius 2 is 1.83 bits per heavy atom. The molecule has 3 aromatic rings. The summed E-state index contributed by atoms with van der Waals surface area (Å²) in [5, 5.41) is 6.99. The number of carbonyl (C=O) groups is 1. The lowest BCUT2D eigenvalue weighted by Crippen LogP contribution is -2.52. The first-order valence-electron chi connectivity index (χ1n) is 9.42. The van der Waals surface area contributed by atoms with Gasteiger partial charge in [0.05, 0.1) is 6.54 Å². The quantitative estimate of drug-likeness (QED) is 0.622. The zero-order chi connectivity index (χ0) is 19.9. The van der Waals surface area contributed by atoms with Crippen LogP contribution in [0.2, 0.25) is 0 Å². The molecule has 1 aliphatic rings. The predicted octanol–water partition coefficient (Wildman–Crippen LogP) is 0.968. The van der Waals surface area contributed by atoms with Gasteiger partial charge >= 0.3 is 6.03 Å². The van der Waals surface area contributed by atoms with Crippen LogP contribution in [0.4, 0.5) is 10.6 Å². The Balaban J connectivity index is 1.23. The van der Waals surface area contributed by atoms with Crippen LogP contribution in [0, 0.1) is 0 Å². The Morgan fingerprint density at radius 3 is 2.59 bits per heavy atom. The highest BCUT2D eigenvalue weighted by atomic mass is 16.5. The van der Waals surface area contributed by atoms with E-state index in [0.717, 1.165) is 11.6 Å². The number of urea groups is 1. The smallest absolute Gasteiger partial charge is 0.317 e. The minimum atomic E-state index is -0.0766. The third kappa shape index (κ3) is 4.78. The molecule has 1 saturated heterocycles. The summed E-state index contributed by atoms with van der Waals surface area (Å²) in [5.74, 6) is 2.26. The summed E-state index contributed by atoms with van der Waals surface area (Å²) in [5.41, 5.74) is 0. The van der Waals surface area contributed by atoms with Gasteiger partial charge in [-0.3, -0.25) is 0 Å². The summed E-state index contributed by atoms with van der Waals surface area (Å²) in [6.07, 6.45) is 4.57. The van der Waals surface area contributed by atoms with Gasteiger partial charge in [0.2, 0.25) is 0 Å². The fourth-order valence-electron chi connectivity index (χ4n) is 3.06. The normalized spacial score (nSPS) is 13.9. The molecule has 2 amide bonds. The molecular formula is C19H22N8O2. The second kappa shape index (κ2) is 9.00. The molecule has 10 heteroatoms. The lowest BCUT2D eigenvalue weighted by Gasteiger charge is -2.35. The number of benzene rings is 1.